The fraction of sp³-hybridized carbons (Fsp3) is 0.240. The SMILES string of the molecule is O=C(Nc1ccccc1-c1ccccc1)OC1CCN(Cc2ccccc2Cl)CC1. The van der Waals surface area contributed by atoms with Crippen LogP contribution in [0, 0.1) is 0 Å². The highest BCUT2D eigenvalue weighted by Crippen LogP contribution is 2.28. The van der Waals surface area contributed by atoms with Crippen LogP contribution in [0.25, 0.3) is 11.1 Å². The minimum Gasteiger partial charge on any atom is -0.446 e. The van der Waals surface area contributed by atoms with E-state index in [1.807, 2.05) is 72.8 Å². The minimum atomic E-state index is -0.400. The summed E-state index contributed by atoms with van der Waals surface area (Å²) in [6.45, 7) is 2.58. The number of rotatable bonds is 5. The first-order valence-corrected chi connectivity index (χ1v) is 10.6. The van der Waals surface area contributed by atoms with Crippen molar-refractivity contribution < 1.29 is 9.53 Å². The second kappa shape index (κ2) is 9.79. The predicted octanol–water partition coefficient (Wildman–Crippen LogP) is 6.22. The van der Waals surface area contributed by atoms with E-state index in [2.05, 4.69) is 16.3 Å². The quantitative estimate of drug-likeness (QED) is 0.532. The van der Waals surface area contributed by atoms with Crippen molar-refractivity contribution in [1.82, 2.24) is 4.90 Å². The van der Waals surface area contributed by atoms with Gasteiger partial charge in [0.15, 0.2) is 0 Å². The molecular formula is C25H25ClN2O2. The van der Waals surface area contributed by atoms with Gasteiger partial charge in [-0.05, 0) is 36.1 Å². The van der Waals surface area contributed by atoms with Gasteiger partial charge in [0.1, 0.15) is 6.10 Å². The van der Waals surface area contributed by atoms with Crippen LogP contribution in [0.5, 0.6) is 0 Å². The normalized spacial score (nSPS) is 15.0. The first-order valence-electron chi connectivity index (χ1n) is 10.3. The molecule has 0 radical (unpaired) electrons. The number of halogens is 1. The van der Waals surface area contributed by atoms with Crippen LogP contribution in [0.2, 0.25) is 5.02 Å². The molecule has 30 heavy (non-hydrogen) atoms. The average Bonchev–Trinajstić information content (AvgIpc) is 2.78. The van der Waals surface area contributed by atoms with E-state index in [1.165, 1.54) is 0 Å². The Morgan fingerprint density at radius 2 is 1.60 bits per heavy atom. The highest BCUT2D eigenvalue weighted by molar-refractivity contribution is 6.31. The molecule has 4 rings (SSSR count). The molecule has 1 fully saturated rings. The van der Waals surface area contributed by atoms with E-state index in [9.17, 15) is 4.79 Å². The zero-order valence-corrected chi connectivity index (χ0v) is 17.5. The lowest BCUT2D eigenvalue weighted by molar-refractivity contribution is 0.0567. The van der Waals surface area contributed by atoms with Gasteiger partial charge in [-0.15, -0.1) is 0 Å². The average molecular weight is 421 g/mol. The van der Waals surface area contributed by atoms with Crippen LogP contribution in [0.4, 0.5) is 10.5 Å². The molecule has 0 saturated carbocycles. The highest BCUT2D eigenvalue weighted by atomic mass is 35.5. The van der Waals surface area contributed by atoms with E-state index < -0.39 is 6.09 Å². The summed E-state index contributed by atoms with van der Waals surface area (Å²) in [6, 6.07) is 25.7. The van der Waals surface area contributed by atoms with E-state index in [4.69, 9.17) is 16.3 Å². The molecule has 1 aliphatic rings. The van der Waals surface area contributed by atoms with Crippen molar-refractivity contribution in [3.8, 4) is 11.1 Å². The third-order valence-corrected chi connectivity index (χ3v) is 5.78. The Balaban J connectivity index is 1.30. The number of piperidine rings is 1. The third-order valence-electron chi connectivity index (χ3n) is 5.41. The lowest BCUT2D eigenvalue weighted by Crippen LogP contribution is -2.38. The number of amides is 1. The molecule has 0 bridgehead atoms. The topological polar surface area (TPSA) is 41.6 Å². The fourth-order valence-electron chi connectivity index (χ4n) is 3.81. The molecule has 0 aliphatic carbocycles. The standard InChI is InChI=1S/C25H25ClN2O2/c26-23-12-6-4-10-20(23)18-28-16-14-21(15-17-28)30-25(29)27-24-13-7-5-11-22(24)19-8-2-1-3-9-19/h1-13,21H,14-18H2,(H,27,29). The number of hydrogen-bond donors (Lipinski definition) is 1. The summed E-state index contributed by atoms with van der Waals surface area (Å²) in [5.41, 5.74) is 3.92. The van der Waals surface area contributed by atoms with Crippen molar-refractivity contribution in [2.24, 2.45) is 0 Å². The molecule has 0 spiro atoms. The maximum atomic E-state index is 12.5. The first-order chi connectivity index (χ1) is 14.7. The molecule has 1 heterocycles. The molecule has 154 valence electrons. The van der Waals surface area contributed by atoms with Crippen LogP contribution in [0.15, 0.2) is 78.9 Å². The second-order valence-electron chi connectivity index (χ2n) is 7.51. The van der Waals surface area contributed by atoms with Crippen molar-refractivity contribution in [3.63, 3.8) is 0 Å². The summed E-state index contributed by atoms with van der Waals surface area (Å²) in [5.74, 6) is 0. The van der Waals surface area contributed by atoms with Gasteiger partial charge >= 0.3 is 6.09 Å². The summed E-state index contributed by atoms with van der Waals surface area (Å²) in [7, 11) is 0. The maximum Gasteiger partial charge on any atom is 0.411 e. The Hall–Kier alpha value is -2.82. The molecule has 0 aromatic heterocycles. The number of anilines is 1. The van der Waals surface area contributed by atoms with Crippen LogP contribution in [-0.2, 0) is 11.3 Å². The van der Waals surface area contributed by atoms with Gasteiger partial charge in [-0.1, -0.05) is 78.3 Å². The van der Waals surface area contributed by atoms with Gasteiger partial charge in [-0.3, -0.25) is 10.2 Å². The van der Waals surface area contributed by atoms with Gasteiger partial charge in [0, 0.05) is 30.2 Å². The van der Waals surface area contributed by atoms with Gasteiger partial charge in [0.2, 0.25) is 0 Å². The van der Waals surface area contributed by atoms with Crippen molar-refractivity contribution in [2.75, 3.05) is 18.4 Å². The minimum absolute atomic E-state index is 0.0728. The Morgan fingerprint density at radius 3 is 2.37 bits per heavy atom. The molecule has 0 atom stereocenters. The van der Waals surface area contributed by atoms with E-state index in [1.54, 1.807) is 0 Å². The van der Waals surface area contributed by atoms with E-state index in [-0.39, 0.29) is 6.10 Å². The number of nitrogens with zero attached hydrogens (tertiary/aromatic N) is 1. The number of likely N-dealkylation sites (tertiary alicyclic amines) is 1. The fourth-order valence-corrected chi connectivity index (χ4v) is 4.00. The zero-order chi connectivity index (χ0) is 20.8. The molecule has 1 N–H and O–H groups in total. The van der Waals surface area contributed by atoms with Crippen molar-refractivity contribution in [2.45, 2.75) is 25.5 Å². The largest absolute Gasteiger partial charge is 0.446 e. The van der Waals surface area contributed by atoms with E-state index in [0.717, 1.165) is 59.9 Å². The van der Waals surface area contributed by atoms with Crippen LogP contribution < -0.4 is 5.32 Å². The molecule has 3 aromatic carbocycles. The van der Waals surface area contributed by atoms with Crippen LogP contribution >= 0.6 is 11.6 Å². The van der Waals surface area contributed by atoms with Crippen LogP contribution in [-0.4, -0.2) is 30.2 Å². The lowest BCUT2D eigenvalue weighted by Gasteiger charge is -2.31. The van der Waals surface area contributed by atoms with Gasteiger partial charge < -0.3 is 4.74 Å². The molecule has 5 heteroatoms. The van der Waals surface area contributed by atoms with Gasteiger partial charge in [-0.2, -0.15) is 0 Å². The van der Waals surface area contributed by atoms with Crippen LogP contribution in [0.1, 0.15) is 18.4 Å². The van der Waals surface area contributed by atoms with E-state index >= 15 is 0 Å². The summed E-state index contributed by atoms with van der Waals surface area (Å²) >= 11 is 6.27. The van der Waals surface area contributed by atoms with Crippen LogP contribution in [0.3, 0.4) is 0 Å². The summed E-state index contributed by atoms with van der Waals surface area (Å²) in [5, 5.41) is 3.72. The Morgan fingerprint density at radius 1 is 0.933 bits per heavy atom. The zero-order valence-electron chi connectivity index (χ0n) is 16.8. The van der Waals surface area contributed by atoms with E-state index in [0.29, 0.717) is 0 Å². The maximum absolute atomic E-state index is 12.5. The molecule has 4 nitrogen and oxygen atoms in total. The molecule has 1 saturated heterocycles. The van der Waals surface area contributed by atoms with Crippen molar-refractivity contribution in [3.05, 3.63) is 89.4 Å². The summed E-state index contributed by atoms with van der Waals surface area (Å²) in [4.78, 5) is 14.9. The number of ether oxygens (including phenoxy) is 1. The Labute approximate surface area is 182 Å². The molecule has 0 unspecified atom stereocenters. The Kier molecular flexibility index (Phi) is 6.67. The summed E-state index contributed by atoms with van der Waals surface area (Å²) < 4.78 is 5.71. The van der Waals surface area contributed by atoms with Gasteiger partial charge in [0.05, 0.1) is 5.69 Å². The smallest absolute Gasteiger partial charge is 0.411 e. The monoisotopic (exact) mass is 420 g/mol. The van der Waals surface area contributed by atoms with Gasteiger partial charge in [0.25, 0.3) is 0 Å². The number of para-hydroxylation sites is 1. The second-order valence-corrected chi connectivity index (χ2v) is 7.92. The highest BCUT2D eigenvalue weighted by Gasteiger charge is 2.23. The molecular weight excluding hydrogens is 396 g/mol. The molecule has 1 aliphatic heterocycles. The number of carbonyl (C=O) groups is 1. The predicted molar refractivity (Wildman–Crippen MR) is 122 cm³/mol. The lowest BCUT2D eigenvalue weighted by atomic mass is 10.0. The molecule has 1 amide bonds. The number of carbonyl (C=O) groups excluding carboxylic acids is 1. The Bertz CT molecular complexity index is 985. The summed E-state index contributed by atoms with van der Waals surface area (Å²) in [6.07, 6.45) is 1.16. The first kappa shape index (κ1) is 20.5. The number of hydrogen-bond acceptors (Lipinski definition) is 3. The van der Waals surface area contributed by atoms with Gasteiger partial charge in [-0.25, -0.2) is 4.79 Å². The third kappa shape index (κ3) is 5.21. The number of benzene rings is 3. The van der Waals surface area contributed by atoms with Crippen molar-refractivity contribution >= 4 is 23.4 Å². The number of nitrogens with one attached hydrogen (secondary N) is 1. The molecule has 3 aromatic rings. The van der Waals surface area contributed by atoms with Crippen molar-refractivity contribution in [1.29, 1.82) is 0 Å².